The summed E-state index contributed by atoms with van der Waals surface area (Å²) in [5.41, 5.74) is 18.8. The Balaban J connectivity index is 0.00000496. The van der Waals surface area contributed by atoms with Gasteiger partial charge in [-0.3, -0.25) is 0 Å². The molecule has 0 bridgehead atoms. The molecule has 4 fully saturated rings. The van der Waals surface area contributed by atoms with Crippen molar-refractivity contribution in [1.29, 1.82) is 0 Å². The first kappa shape index (κ1) is 41.6. The Bertz CT molecular complexity index is 1980. The number of nitrogen functional groups attached to an aromatic ring is 1. The first-order chi connectivity index (χ1) is 27.0. The van der Waals surface area contributed by atoms with E-state index < -0.39 is 0 Å². The van der Waals surface area contributed by atoms with Crippen molar-refractivity contribution in [1.82, 2.24) is 0 Å². The third-order valence-corrected chi connectivity index (χ3v) is 16.1. The minimum Gasteiger partial charge on any atom is -0.458 e. The molecule has 0 amide bonds. The summed E-state index contributed by atoms with van der Waals surface area (Å²) in [5, 5.41) is 0. The molecule has 4 N–H and O–H groups in total. The van der Waals surface area contributed by atoms with Crippen LogP contribution in [0.25, 0.3) is 0 Å². The Morgan fingerprint density at radius 2 is 1.47 bits per heavy atom. The number of hydrogen-bond acceptors (Lipinski definition) is 4. The lowest BCUT2D eigenvalue weighted by Gasteiger charge is -2.63. The van der Waals surface area contributed by atoms with Crippen LogP contribution in [0.1, 0.15) is 136 Å². The minimum absolute atomic E-state index is 0. The standard InChI is InChI=1S/C52H68N2O2.H2S/c1-35(2)12-6-7-13-36(3)47-24-25-48-46-23-22-39-34-52(29-28-50(39,4)49(46)26-27-51(47,48)5,37-14-8-18-42(30-37)55-44-20-10-16-40(53)32-44)38-15-9-19-43(31-38)56-45-21-11-17-41(54)33-45;/h8-10,12,14-16,18-21,30-33,36,39,46-49H,6-7,11,13,17,22-29,34,53-54H2,1-5H3;1H2. The van der Waals surface area contributed by atoms with Gasteiger partial charge in [-0.05, 0) is 203 Å². The summed E-state index contributed by atoms with van der Waals surface area (Å²) in [6, 6.07) is 25.7. The molecule has 0 heterocycles. The maximum atomic E-state index is 6.53. The van der Waals surface area contributed by atoms with Crippen molar-refractivity contribution in [3.05, 3.63) is 119 Å². The number of allylic oxidation sites excluding steroid dienone is 5. The monoisotopic (exact) mass is 787 g/mol. The lowest BCUT2D eigenvalue weighted by Crippen LogP contribution is -2.55. The topological polar surface area (TPSA) is 70.5 Å². The third kappa shape index (κ3) is 8.21. The second-order valence-corrected chi connectivity index (χ2v) is 19.6. The Morgan fingerprint density at radius 3 is 2.18 bits per heavy atom. The van der Waals surface area contributed by atoms with Crippen molar-refractivity contribution < 1.29 is 9.47 Å². The molecule has 3 aromatic carbocycles. The molecule has 306 valence electrons. The Labute approximate surface area is 351 Å². The number of nitrogens with two attached hydrogens (primary N) is 2. The second kappa shape index (κ2) is 17.0. The molecular weight excluding hydrogens is 717 g/mol. The van der Waals surface area contributed by atoms with Gasteiger partial charge in [0.25, 0.3) is 0 Å². The number of fused-ring (bicyclic) bond motifs is 5. The molecule has 8 rings (SSSR count). The van der Waals surface area contributed by atoms with E-state index in [9.17, 15) is 0 Å². The summed E-state index contributed by atoms with van der Waals surface area (Å²) >= 11 is 0. The zero-order valence-corrected chi connectivity index (χ0v) is 36.5. The quantitative estimate of drug-likeness (QED) is 0.115. The van der Waals surface area contributed by atoms with Crippen LogP contribution in [-0.2, 0) is 5.41 Å². The molecular formula is C52H70N2O2S. The molecule has 0 spiro atoms. The largest absolute Gasteiger partial charge is 0.458 e. The van der Waals surface area contributed by atoms with Gasteiger partial charge in [0.2, 0.25) is 0 Å². The predicted molar refractivity (Wildman–Crippen MR) is 243 cm³/mol. The Morgan fingerprint density at radius 1 is 0.789 bits per heavy atom. The van der Waals surface area contributed by atoms with E-state index >= 15 is 0 Å². The van der Waals surface area contributed by atoms with Crippen molar-refractivity contribution in [2.24, 2.45) is 52.1 Å². The summed E-state index contributed by atoms with van der Waals surface area (Å²) < 4.78 is 13.0. The second-order valence-electron chi connectivity index (χ2n) is 19.6. The van der Waals surface area contributed by atoms with Crippen LogP contribution < -0.4 is 20.9 Å². The lowest BCUT2D eigenvalue weighted by atomic mass is 9.42. The van der Waals surface area contributed by atoms with Crippen LogP contribution in [0.2, 0.25) is 0 Å². The summed E-state index contributed by atoms with van der Waals surface area (Å²) in [4.78, 5) is 0. The zero-order chi connectivity index (χ0) is 39.1. The molecule has 5 aliphatic rings. The Kier molecular flexibility index (Phi) is 12.4. The van der Waals surface area contributed by atoms with Crippen LogP contribution in [0.15, 0.2) is 108 Å². The first-order valence-corrected chi connectivity index (χ1v) is 22.2. The van der Waals surface area contributed by atoms with Gasteiger partial charge in [0.1, 0.15) is 23.0 Å². The van der Waals surface area contributed by atoms with Gasteiger partial charge in [0.05, 0.1) is 0 Å². The fourth-order valence-electron chi connectivity index (χ4n) is 13.3. The predicted octanol–water partition coefficient (Wildman–Crippen LogP) is 13.8. The highest BCUT2D eigenvalue weighted by molar-refractivity contribution is 7.59. The lowest BCUT2D eigenvalue weighted by molar-refractivity contribution is -0.122. The molecule has 5 heteroatoms. The average molecular weight is 787 g/mol. The van der Waals surface area contributed by atoms with E-state index in [4.69, 9.17) is 20.9 Å². The number of benzene rings is 3. The fraction of sp³-hybridized carbons (Fsp3) is 0.538. The van der Waals surface area contributed by atoms with E-state index in [-0.39, 0.29) is 18.9 Å². The summed E-state index contributed by atoms with van der Waals surface area (Å²) in [6.45, 7) is 12.5. The summed E-state index contributed by atoms with van der Waals surface area (Å²) in [7, 11) is 0. The van der Waals surface area contributed by atoms with Crippen molar-refractivity contribution in [3.63, 3.8) is 0 Å². The number of ether oxygens (including phenoxy) is 2. The number of hydrogen-bond donors (Lipinski definition) is 2. The van der Waals surface area contributed by atoms with Gasteiger partial charge < -0.3 is 20.9 Å². The van der Waals surface area contributed by atoms with Gasteiger partial charge >= 0.3 is 0 Å². The van der Waals surface area contributed by atoms with E-state index in [1.165, 1.54) is 80.9 Å². The molecule has 0 aromatic heterocycles. The first-order valence-electron chi connectivity index (χ1n) is 22.2. The molecule has 0 aliphatic heterocycles. The third-order valence-electron chi connectivity index (χ3n) is 16.1. The molecule has 9 atom stereocenters. The van der Waals surface area contributed by atoms with Crippen LogP contribution in [0.4, 0.5) is 5.69 Å². The maximum absolute atomic E-state index is 6.53. The molecule has 4 nitrogen and oxygen atoms in total. The van der Waals surface area contributed by atoms with Crippen molar-refractivity contribution >= 4 is 19.2 Å². The van der Waals surface area contributed by atoms with Crippen molar-refractivity contribution in [3.8, 4) is 17.2 Å². The van der Waals surface area contributed by atoms with E-state index in [0.29, 0.717) is 22.4 Å². The van der Waals surface area contributed by atoms with Crippen molar-refractivity contribution in [2.75, 3.05) is 5.73 Å². The van der Waals surface area contributed by atoms with Crippen LogP contribution in [0, 0.1) is 46.3 Å². The van der Waals surface area contributed by atoms with Gasteiger partial charge in [-0.1, -0.05) is 69.2 Å². The number of unbranched alkanes of at least 4 members (excludes halogenated alkanes) is 1. The smallest absolute Gasteiger partial charge is 0.129 e. The van der Waals surface area contributed by atoms with Crippen LogP contribution >= 0.6 is 13.5 Å². The van der Waals surface area contributed by atoms with Crippen molar-refractivity contribution in [2.45, 2.75) is 130 Å². The molecule has 57 heavy (non-hydrogen) atoms. The van der Waals surface area contributed by atoms with Gasteiger partial charge in [-0.15, -0.1) is 0 Å². The van der Waals surface area contributed by atoms with Crippen LogP contribution in [-0.4, -0.2) is 0 Å². The van der Waals surface area contributed by atoms with E-state index in [0.717, 1.165) is 84.0 Å². The van der Waals surface area contributed by atoms with E-state index in [2.05, 4.69) is 95.3 Å². The summed E-state index contributed by atoms with van der Waals surface area (Å²) in [6.07, 6.45) is 24.4. The molecule has 3 aromatic rings. The molecule has 0 radical (unpaired) electrons. The molecule has 5 aliphatic carbocycles. The van der Waals surface area contributed by atoms with Crippen LogP contribution in [0.5, 0.6) is 17.2 Å². The normalized spacial score (nSPS) is 32.3. The fourth-order valence-corrected chi connectivity index (χ4v) is 13.3. The van der Waals surface area contributed by atoms with Gasteiger partial charge in [-0.2, -0.15) is 13.5 Å². The molecule has 4 saturated carbocycles. The van der Waals surface area contributed by atoms with E-state index in [1.54, 1.807) is 0 Å². The van der Waals surface area contributed by atoms with Gasteiger partial charge in [0, 0.05) is 22.9 Å². The number of rotatable bonds is 11. The maximum Gasteiger partial charge on any atom is 0.129 e. The zero-order valence-electron chi connectivity index (χ0n) is 35.5. The molecule has 9 unspecified atom stereocenters. The van der Waals surface area contributed by atoms with Gasteiger partial charge in [-0.25, -0.2) is 0 Å². The minimum atomic E-state index is -0.149. The highest BCUT2D eigenvalue weighted by Crippen LogP contribution is 2.70. The highest BCUT2D eigenvalue weighted by atomic mass is 32.1. The van der Waals surface area contributed by atoms with E-state index in [1.807, 2.05) is 30.3 Å². The SMILES string of the molecule is CC(C)=CCCCC(C)C1CCC2C3CCC4CC(c5cccc(OC6=CCCC(N)=C6)c5)(c5cccc(Oc6cccc(N)c6)c5)CCC4(C)C3CCC12C.S. The highest BCUT2D eigenvalue weighted by Gasteiger charge is 2.62. The molecule has 0 saturated heterocycles. The van der Waals surface area contributed by atoms with Gasteiger partial charge in [0.15, 0.2) is 0 Å². The number of anilines is 1. The summed E-state index contributed by atoms with van der Waals surface area (Å²) in [5.74, 6) is 8.34. The average Bonchev–Trinajstić information content (AvgIpc) is 3.54. The Hall–Kier alpha value is -3.57. The van der Waals surface area contributed by atoms with Crippen LogP contribution in [0.3, 0.4) is 0 Å².